The van der Waals surface area contributed by atoms with Crippen LogP contribution in [0, 0.1) is 0 Å². The monoisotopic (exact) mass is 344 g/mol. The number of benzene rings is 1. The van der Waals surface area contributed by atoms with Gasteiger partial charge in [0.05, 0.1) is 0 Å². The lowest BCUT2D eigenvalue weighted by molar-refractivity contribution is -0.121. The van der Waals surface area contributed by atoms with Crippen molar-refractivity contribution >= 4 is 33.6 Å². The summed E-state index contributed by atoms with van der Waals surface area (Å²) in [7, 11) is 0. The summed E-state index contributed by atoms with van der Waals surface area (Å²) in [5.74, 6) is 1.08. The van der Waals surface area contributed by atoms with Crippen LogP contribution in [-0.4, -0.2) is 24.2 Å². The predicted octanol–water partition coefficient (Wildman–Crippen LogP) is 3.17. The summed E-state index contributed by atoms with van der Waals surface area (Å²) < 4.78 is 1.09. The van der Waals surface area contributed by atoms with Gasteiger partial charge in [-0.15, -0.1) is 11.8 Å². The summed E-state index contributed by atoms with van der Waals surface area (Å²) >= 11 is 5.19. The van der Waals surface area contributed by atoms with Crippen LogP contribution in [-0.2, 0) is 4.79 Å². The highest BCUT2D eigenvalue weighted by atomic mass is 79.9. The van der Waals surface area contributed by atoms with E-state index in [9.17, 15) is 4.79 Å². The first-order valence-corrected chi connectivity index (χ1v) is 8.26. The maximum Gasteiger partial charge on any atom is 0.220 e. The molecule has 1 unspecified atom stereocenters. The zero-order valence-electron chi connectivity index (χ0n) is 11.2. The van der Waals surface area contributed by atoms with Crippen LogP contribution in [0.2, 0.25) is 0 Å². The molecule has 3 nitrogen and oxygen atoms in total. The number of amides is 1. The summed E-state index contributed by atoms with van der Waals surface area (Å²) in [5.41, 5.74) is 5.62. The van der Waals surface area contributed by atoms with Gasteiger partial charge in [-0.05, 0) is 49.8 Å². The fourth-order valence-electron chi connectivity index (χ4n) is 1.48. The van der Waals surface area contributed by atoms with Crippen molar-refractivity contribution in [1.29, 1.82) is 0 Å². The molecule has 1 rings (SSSR count). The van der Waals surface area contributed by atoms with Crippen molar-refractivity contribution in [2.24, 2.45) is 5.73 Å². The van der Waals surface area contributed by atoms with E-state index in [1.54, 1.807) is 11.8 Å². The summed E-state index contributed by atoms with van der Waals surface area (Å²) in [5, 5.41) is 2.89. The minimum Gasteiger partial charge on any atom is -0.356 e. The van der Waals surface area contributed by atoms with Crippen molar-refractivity contribution < 1.29 is 4.79 Å². The molecular formula is C14H21BrN2OS. The van der Waals surface area contributed by atoms with Gasteiger partial charge in [0.15, 0.2) is 0 Å². The number of hydrogen-bond acceptors (Lipinski definition) is 3. The first-order chi connectivity index (χ1) is 9.08. The van der Waals surface area contributed by atoms with Crippen LogP contribution in [0.15, 0.2) is 33.6 Å². The highest BCUT2D eigenvalue weighted by Crippen LogP contribution is 2.21. The number of thioether (sulfide) groups is 1. The molecule has 0 aliphatic rings. The third-order valence-corrected chi connectivity index (χ3v) is 4.18. The summed E-state index contributed by atoms with van der Waals surface area (Å²) in [6.45, 7) is 2.62. The van der Waals surface area contributed by atoms with E-state index in [0.29, 0.717) is 13.0 Å². The standard InChI is InChI=1S/C14H21BrN2OS/c1-11(16)8-9-17-14(18)3-2-10-19-13-6-4-12(15)5-7-13/h4-7,11H,2-3,8-10,16H2,1H3,(H,17,18). The number of halogens is 1. The van der Waals surface area contributed by atoms with Gasteiger partial charge in [-0.3, -0.25) is 4.79 Å². The van der Waals surface area contributed by atoms with Crippen LogP contribution in [0.3, 0.4) is 0 Å². The van der Waals surface area contributed by atoms with Gasteiger partial charge in [-0.2, -0.15) is 0 Å². The summed E-state index contributed by atoms with van der Waals surface area (Å²) in [6, 6.07) is 8.37. The van der Waals surface area contributed by atoms with Gasteiger partial charge in [-0.1, -0.05) is 15.9 Å². The number of rotatable bonds is 8. The number of carbonyl (C=O) groups excluding carboxylic acids is 1. The molecule has 19 heavy (non-hydrogen) atoms. The molecule has 1 amide bonds. The van der Waals surface area contributed by atoms with Gasteiger partial charge in [0.2, 0.25) is 5.91 Å². The Balaban J connectivity index is 2.07. The number of nitrogens with one attached hydrogen (secondary N) is 1. The third kappa shape index (κ3) is 8.29. The van der Waals surface area contributed by atoms with Crippen LogP contribution in [0.4, 0.5) is 0 Å². The van der Waals surface area contributed by atoms with Crippen LogP contribution in [0.5, 0.6) is 0 Å². The fourth-order valence-corrected chi connectivity index (χ4v) is 2.60. The van der Waals surface area contributed by atoms with Gasteiger partial charge in [0, 0.05) is 28.4 Å². The molecule has 0 aliphatic carbocycles. The molecule has 0 spiro atoms. The van der Waals surface area contributed by atoms with Crippen molar-refractivity contribution in [3.63, 3.8) is 0 Å². The lowest BCUT2D eigenvalue weighted by Crippen LogP contribution is -2.28. The first kappa shape index (κ1) is 16.5. The SMILES string of the molecule is CC(N)CCNC(=O)CCCSc1ccc(Br)cc1. The summed E-state index contributed by atoms with van der Waals surface area (Å²) in [4.78, 5) is 12.7. The predicted molar refractivity (Wildman–Crippen MR) is 85.4 cm³/mol. The molecule has 1 atom stereocenters. The average molecular weight is 345 g/mol. The van der Waals surface area contributed by atoms with Gasteiger partial charge < -0.3 is 11.1 Å². The van der Waals surface area contributed by atoms with E-state index < -0.39 is 0 Å². The number of nitrogens with two attached hydrogens (primary N) is 1. The second kappa shape index (κ2) is 9.39. The average Bonchev–Trinajstić information content (AvgIpc) is 2.36. The number of hydrogen-bond donors (Lipinski definition) is 2. The molecule has 0 fully saturated rings. The van der Waals surface area contributed by atoms with Crippen molar-refractivity contribution in [2.45, 2.75) is 37.1 Å². The van der Waals surface area contributed by atoms with Crippen LogP contribution in [0.25, 0.3) is 0 Å². The Morgan fingerprint density at radius 3 is 2.74 bits per heavy atom. The molecule has 1 aromatic carbocycles. The first-order valence-electron chi connectivity index (χ1n) is 6.48. The van der Waals surface area contributed by atoms with Gasteiger partial charge >= 0.3 is 0 Å². The Kier molecular flexibility index (Phi) is 8.18. The topological polar surface area (TPSA) is 55.1 Å². The van der Waals surface area contributed by atoms with E-state index in [4.69, 9.17) is 5.73 Å². The maximum atomic E-state index is 11.5. The summed E-state index contributed by atoms with van der Waals surface area (Å²) in [6.07, 6.45) is 2.31. The Hall–Kier alpha value is -0.520. The van der Waals surface area contributed by atoms with Gasteiger partial charge in [0.25, 0.3) is 0 Å². The van der Waals surface area contributed by atoms with E-state index in [-0.39, 0.29) is 11.9 Å². The second-order valence-corrected chi connectivity index (χ2v) is 6.61. The normalized spacial score (nSPS) is 12.2. The molecule has 0 saturated heterocycles. The van der Waals surface area contributed by atoms with Crippen molar-refractivity contribution in [3.05, 3.63) is 28.7 Å². The number of carbonyl (C=O) groups is 1. The van der Waals surface area contributed by atoms with E-state index in [1.165, 1.54) is 4.90 Å². The zero-order valence-corrected chi connectivity index (χ0v) is 13.6. The molecule has 0 radical (unpaired) electrons. The lowest BCUT2D eigenvalue weighted by Gasteiger charge is -2.07. The van der Waals surface area contributed by atoms with E-state index in [2.05, 4.69) is 33.4 Å². The van der Waals surface area contributed by atoms with Gasteiger partial charge in [0.1, 0.15) is 0 Å². The largest absolute Gasteiger partial charge is 0.356 e. The second-order valence-electron chi connectivity index (χ2n) is 4.52. The quantitative estimate of drug-likeness (QED) is 0.562. The molecule has 0 aromatic heterocycles. The highest BCUT2D eigenvalue weighted by Gasteiger charge is 2.02. The zero-order chi connectivity index (χ0) is 14.1. The molecule has 1 aromatic rings. The molecule has 106 valence electrons. The maximum absolute atomic E-state index is 11.5. The van der Waals surface area contributed by atoms with Crippen molar-refractivity contribution in [3.8, 4) is 0 Å². The highest BCUT2D eigenvalue weighted by molar-refractivity contribution is 9.10. The fraction of sp³-hybridized carbons (Fsp3) is 0.500. The van der Waals surface area contributed by atoms with Crippen LogP contribution in [0.1, 0.15) is 26.2 Å². The van der Waals surface area contributed by atoms with Crippen LogP contribution < -0.4 is 11.1 Å². The molecular weight excluding hydrogens is 324 g/mol. The van der Waals surface area contributed by atoms with E-state index in [0.717, 1.165) is 23.1 Å². The van der Waals surface area contributed by atoms with Crippen LogP contribution >= 0.6 is 27.7 Å². The Labute approximate surface area is 127 Å². The molecule has 0 heterocycles. The van der Waals surface area contributed by atoms with Gasteiger partial charge in [-0.25, -0.2) is 0 Å². The lowest BCUT2D eigenvalue weighted by atomic mass is 10.2. The minimum atomic E-state index is 0.122. The van der Waals surface area contributed by atoms with Crippen molar-refractivity contribution in [1.82, 2.24) is 5.32 Å². The van der Waals surface area contributed by atoms with Crippen molar-refractivity contribution in [2.75, 3.05) is 12.3 Å². The molecule has 0 bridgehead atoms. The Bertz CT molecular complexity index is 382. The molecule has 3 N–H and O–H groups in total. The molecule has 5 heteroatoms. The third-order valence-electron chi connectivity index (χ3n) is 2.55. The van der Waals surface area contributed by atoms with E-state index in [1.807, 2.05) is 19.1 Å². The Morgan fingerprint density at radius 1 is 1.42 bits per heavy atom. The molecule has 0 saturated carbocycles. The smallest absolute Gasteiger partial charge is 0.220 e. The molecule has 0 aliphatic heterocycles. The minimum absolute atomic E-state index is 0.122. The Morgan fingerprint density at radius 2 is 2.11 bits per heavy atom. The van der Waals surface area contributed by atoms with E-state index >= 15 is 0 Å².